The van der Waals surface area contributed by atoms with Gasteiger partial charge in [-0.2, -0.15) is 0 Å². The maximum Gasteiger partial charge on any atom is 0.162 e. The van der Waals surface area contributed by atoms with Gasteiger partial charge in [-0.05, 0) is 17.5 Å². The van der Waals surface area contributed by atoms with Gasteiger partial charge >= 0.3 is 0 Å². The Morgan fingerprint density at radius 3 is 2.62 bits per heavy atom. The summed E-state index contributed by atoms with van der Waals surface area (Å²) in [4.78, 5) is 11.4. The van der Waals surface area contributed by atoms with Gasteiger partial charge < -0.3 is 0 Å². The topological polar surface area (TPSA) is 17.1 Å². The molecule has 0 aliphatic heterocycles. The Kier molecular flexibility index (Phi) is 3.24. The normalized spacial score (nSPS) is 10.5. The summed E-state index contributed by atoms with van der Waals surface area (Å²) in [6.07, 6.45) is 0.585. The van der Waals surface area contributed by atoms with E-state index in [-0.39, 0.29) is 5.78 Å². The summed E-state index contributed by atoms with van der Waals surface area (Å²) in [6.45, 7) is 6.16. The molecule has 70 valence electrons. The third-order valence-corrected chi connectivity index (χ3v) is 2.20. The Balaban J connectivity index is 2.98. The molecule has 0 unspecified atom stereocenters. The fourth-order valence-corrected chi connectivity index (χ4v) is 1.28. The molecule has 0 radical (unpaired) electrons. The molecule has 0 fully saturated rings. The number of Topliss-reactive ketones (excluding diaryl/α,β-unsaturated/α-hetero) is 1. The lowest BCUT2D eigenvalue weighted by molar-refractivity contribution is 0.0988. The quantitative estimate of drug-likeness (QED) is 0.645. The van der Waals surface area contributed by atoms with Gasteiger partial charge in [0.25, 0.3) is 0 Å². The zero-order valence-corrected chi connectivity index (χ0v) is 8.50. The molecule has 1 aromatic carbocycles. The van der Waals surface area contributed by atoms with E-state index in [0.29, 0.717) is 12.3 Å². The number of carbonyl (C=O) groups is 1. The Labute approximate surface area is 79.8 Å². The Morgan fingerprint density at radius 1 is 1.38 bits per heavy atom. The molecular formula is C12H16O. The number of hydrogen-bond donors (Lipinski definition) is 0. The van der Waals surface area contributed by atoms with E-state index in [9.17, 15) is 4.79 Å². The van der Waals surface area contributed by atoms with Gasteiger partial charge in [0.2, 0.25) is 0 Å². The molecule has 13 heavy (non-hydrogen) atoms. The summed E-state index contributed by atoms with van der Waals surface area (Å²) < 4.78 is 0. The van der Waals surface area contributed by atoms with Gasteiger partial charge in [0, 0.05) is 12.0 Å². The van der Waals surface area contributed by atoms with Crippen molar-refractivity contribution in [1.29, 1.82) is 0 Å². The molecule has 0 amide bonds. The van der Waals surface area contributed by atoms with Crippen molar-refractivity contribution in [1.82, 2.24) is 0 Å². The van der Waals surface area contributed by atoms with Crippen LogP contribution in [0.3, 0.4) is 0 Å². The highest BCUT2D eigenvalue weighted by molar-refractivity contribution is 5.95. The van der Waals surface area contributed by atoms with E-state index >= 15 is 0 Å². The molecule has 0 aromatic heterocycles. The third kappa shape index (κ3) is 2.41. The summed E-state index contributed by atoms with van der Waals surface area (Å²) in [5.41, 5.74) is 2.08. The van der Waals surface area contributed by atoms with Crippen LogP contribution in [0.2, 0.25) is 0 Å². The van der Waals surface area contributed by atoms with Gasteiger partial charge in [-0.15, -0.1) is 0 Å². The first kappa shape index (κ1) is 9.97. The van der Waals surface area contributed by atoms with Gasteiger partial charge in [-0.3, -0.25) is 4.79 Å². The molecule has 0 atom stereocenters. The molecular weight excluding hydrogens is 160 g/mol. The molecule has 1 aromatic rings. The lowest BCUT2D eigenvalue weighted by atomic mass is 9.99. The van der Waals surface area contributed by atoms with Crippen LogP contribution < -0.4 is 0 Å². The molecule has 1 rings (SSSR count). The minimum atomic E-state index is 0.225. The van der Waals surface area contributed by atoms with Crippen LogP contribution in [0.15, 0.2) is 24.3 Å². The maximum absolute atomic E-state index is 11.4. The van der Waals surface area contributed by atoms with Crippen LogP contribution in [-0.4, -0.2) is 5.78 Å². The standard InChI is InChI=1S/C12H16O/c1-4-12(13)11-7-5-6-10(8-11)9(2)3/h5-9H,4H2,1-3H3. The second-order valence-electron chi connectivity index (χ2n) is 3.56. The minimum Gasteiger partial charge on any atom is -0.294 e. The molecule has 0 saturated carbocycles. The number of hydrogen-bond acceptors (Lipinski definition) is 1. The smallest absolute Gasteiger partial charge is 0.162 e. The molecule has 0 aliphatic carbocycles. The summed E-state index contributed by atoms with van der Waals surface area (Å²) in [5.74, 6) is 0.715. The highest BCUT2D eigenvalue weighted by Gasteiger charge is 2.04. The Morgan fingerprint density at radius 2 is 2.08 bits per heavy atom. The first-order chi connectivity index (χ1) is 6.15. The van der Waals surface area contributed by atoms with Gasteiger partial charge in [0.1, 0.15) is 0 Å². The monoisotopic (exact) mass is 176 g/mol. The van der Waals surface area contributed by atoms with E-state index in [1.807, 2.05) is 25.1 Å². The van der Waals surface area contributed by atoms with E-state index in [0.717, 1.165) is 5.56 Å². The van der Waals surface area contributed by atoms with E-state index in [1.54, 1.807) is 0 Å². The largest absolute Gasteiger partial charge is 0.294 e. The molecule has 1 heteroatoms. The highest BCUT2D eigenvalue weighted by atomic mass is 16.1. The van der Waals surface area contributed by atoms with Gasteiger partial charge in [0.05, 0.1) is 0 Å². The van der Waals surface area contributed by atoms with Gasteiger partial charge in [0.15, 0.2) is 5.78 Å². The number of benzene rings is 1. The van der Waals surface area contributed by atoms with E-state index in [1.165, 1.54) is 5.56 Å². The highest BCUT2D eigenvalue weighted by Crippen LogP contribution is 2.16. The van der Waals surface area contributed by atoms with Crippen molar-refractivity contribution in [2.75, 3.05) is 0 Å². The van der Waals surface area contributed by atoms with Crippen molar-refractivity contribution in [2.45, 2.75) is 33.1 Å². The zero-order valence-electron chi connectivity index (χ0n) is 8.50. The fourth-order valence-electron chi connectivity index (χ4n) is 1.28. The Bertz CT molecular complexity index is 300. The molecule has 0 aliphatic rings. The second-order valence-corrected chi connectivity index (χ2v) is 3.56. The van der Waals surface area contributed by atoms with Crippen molar-refractivity contribution in [2.24, 2.45) is 0 Å². The molecule has 0 saturated heterocycles. The predicted octanol–water partition coefficient (Wildman–Crippen LogP) is 3.40. The molecule has 0 heterocycles. The summed E-state index contributed by atoms with van der Waals surface area (Å²) in [7, 11) is 0. The lowest BCUT2D eigenvalue weighted by Gasteiger charge is -2.06. The van der Waals surface area contributed by atoms with Crippen LogP contribution in [-0.2, 0) is 0 Å². The van der Waals surface area contributed by atoms with Crippen molar-refractivity contribution in [3.05, 3.63) is 35.4 Å². The Hall–Kier alpha value is -1.11. The van der Waals surface area contributed by atoms with Crippen LogP contribution >= 0.6 is 0 Å². The lowest BCUT2D eigenvalue weighted by Crippen LogP contribution is -1.98. The average Bonchev–Trinajstić information content (AvgIpc) is 2.17. The van der Waals surface area contributed by atoms with Crippen LogP contribution in [0.25, 0.3) is 0 Å². The third-order valence-electron chi connectivity index (χ3n) is 2.20. The minimum absolute atomic E-state index is 0.225. The van der Waals surface area contributed by atoms with Crippen LogP contribution in [0.4, 0.5) is 0 Å². The number of ketones is 1. The van der Waals surface area contributed by atoms with Crippen LogP contribution in [0.1, 0.15) is 49.0 Å². The van der Waals surface area contributed by atoms with Crippen molar-refractivity contribution < 1.29 is 4.79 Å². The van der Waals surface area contributed by atoms with Gasteiger partial charge in [-0.25, -0.2) is 0 Å². The zero-order chi connectivity index (χ0) is 9.84. The second kappa shape index (κ2) is 4.22. The van der Waals surface area contributed by atoms with Crippen molar-refractivity contribution in [3.63, 3.8) is 0 Å². The summed E-state index contributed by atoms with van der Waals surface area (Å²) in [6, 6.07) is 7.91. The van der Waals surface area contributed by atoms with E-state index < -0.39 is 0 Å². The first-order valence-corrected chi connectivity index (χ1v) is 4.78. The van der Waals surface area contributed by atoms with Crippen molar-refractivity contribution in [3.8, 4) is 0 Å². The van der Waals surface area contributed by atoms with Gasteiger partial charge in [-0.1, -0.05) is 39.0 Å². The van der Waals surface area contributed by atoms with E-state index in [2.05, 4.69) is 19.9 Å². The SMILES string of the molecule is CCC(=O)c1cccc(C(C)C)c1. The van der Waals surface area contributed by atoms with Crippen LogP contribution in [0.5, 0.6) is 0 Å². The van der Waals surface area contributed by atoms with E-state index in [4.69, 9.17) is 0 Å². The number of carbonyl (C=O) groups excluding carboxylic acids is 1. The molecule has 0 N–H and O–H groups in total. The summed E-state index contributed by atoms with van der Waals surface area (Å²) >= 11 is 0. The number of rotatable bonds is 3. The predicted molar refractivity (Wildman–Crippen MR) is 55.2 cm³/mol. The van der Waals surface area contributed by atoms with Crippen molar-refractivity contribution >= 4 is 5.78 Å². The average molecular weight is 176 g/mol. The fraction of sp³-hybridized carbons (Fsp3) is 0.417. The maximum atomic E-state index is 11.4. The first-order valence-electron chi connectivity index (χ1n) is 4.78. The van der Waals surface area contributed by atoms with Crippen LogP contribution in [0, 0.1) is 0 Å². The molecule has 0 spiro atoms. The summed E-state index contributed by atoms with van der Waals surface area (Å²) in [5, 5.41) is 0. The molecule has 0 bridgehead atoms. The molecule has 1 nitrogen and oxygen atoms in total.